The molecule has 0 heterocycles. The average molecular weight is 310 g/mol. The summed E-state index contributed by atoms with van der Waals surface area (Å²) < 4.78 is 0. The molecule has 2 amide bonds. The Kier molecular flexibility index (Phi) is 5.52. The maximum absolute atomic E-state index is 12.3. The molecule has 0 aliphatic carbocycles. The fourth-order valence-corrected chi connectivity index (χ4v) is 2.45. The molecular weight excluding hydrogens is 288 g/mol. The summed E-state index contributed by atoms with van der Waals surface area (Å²) in [4.78, 5) is 25.9. The minimum atomic E-state index is -0.218. The lowest BCUT2D eigenvalue weighted by molar-refractivity contribution is -0.120. The van der Waals surface area contributed by atoms with Gasteiger partial charge >= 0.3 is 0 Å². The van der Waals surface area contributed by atoms with Crippen molar-refractivity contribution >= 4 is 23.2 Å². The van der Waals surface area contributed by atoms with E-state index in [1.54, 1.807) is 0 Å². The van der Waals surface area contributed by atoms with Crippen LogP contribution in [-0.2, 0) is 9.59 Å². The minimum absolute atomic E-state index is 0.00599. The number of benzene rings is 2. The van der Waals surface area contributed by atoms with Gasteiger partial charge in [0, 0.05) is 18.3 Å². The number of rotatable bonds is 5. The third kappa shape index (κ3) is 4.42. The van der Waals surface area contributed by atoms with Gasteiger partial charge in [-0.3, -0.25) is 9.59 Å². The molecule has 0 atom stereocenters. The fraction of sp³-hybridized carbons (Fsp3) is 0.263. The lowest BCUT2D eigenvalue weighted by Crippen LogP contribution is -2.37. The van der Waals surface area contributed by atoms with Gasteiger partial charge < -0.3 is 10.2 Å². The smallest absolute Gasteiger partial charge is 0.244 e. The van der Waals surface area contributed by atoms with Crippen LogP contribution in [0.2, 0.25) is 0 Å². The Morgan fingerprint density at radius 3 is 2.22 bits per heavy atom. The normalized spacial score (nSPS) is 10.4. The number of carbonyl (C=O) groups excluding carboxylic acids is 2. The van der Waals surface area contributed by atoms with E-state index >= 15 is 0 Å². The zero-order valence-electron chi connectivity index (χ0n) is 13.7. The van der Waals surface area contributed by atoms with E-state index in [1.807, 2.05) is 54.6 Å². The lowest BCUT2D eigenvalue weighted by Gasteiger charge is -2.24. The molecule has 0 aliphatic rings. The zero-order chi connectivity index (χ0) is 16.8. The summed E-state index contributed by atoms with van der Waals surface area (Å²) in [6.45, 7) is 5.61. The first-order chi connectivity index (χ1) is 11.0. The van der Waals surface area contributed by atoms with E-state index in [0.717, 1.165) is 16.9 Å². The van der Waals surface area contributed by atoms with Crippen LogP contribution in [0.5, 0.6) is 0 Å². The van der Waals surface area contributed by atoms with Crippen molar-refractivity contribution in [2.45, 2.75) is 26.7 Å². The Labute approximate surface area is 137 Å². The van der Waals surface area contributed by atoms with E-state index in [2.05, 4.69) is 19.2 Å². The zero-order valence-corrected chi connectivity index (χ0v) is 13.7. The van der Waals surface area contributed by atoms with Crippen LogP contribution < -0.4 is 10.2 Å². The van der Waals surface area contributed by atoms with E-state index in [0.29, 0.717) is 0 Å². The third-order valence-electron chi connectivity index (χ3n) is 3.59. The maximum atomic E-state index is 12.3. The van der Waals surface area contributed by atoms with Crippen LogP contribution in [-0.4, -0.2) is 18.4 Å². The lowest BCUT2D eigenvalue weighted by atomic mass is 10.0. The summed E-state index contributed by atoms with van der Waals surface area (Å²) >= 11 is 0. The van der Waals surface area contributed by atoms with Crippen molar-refractivity contribution in [2.24, 2.45) is 0 Å². The minimum Gasteiger partial charge on any atom is -0.325 e. The van der Waals surface area contributed by atoms with Crippen molar-refractivity contribution in [3.8, 4) is 0 Å². The number of hydrogen-bond donors (Lipinski definition) is 1. The second-order valence-electron chi connectivity index (χ2n) is 5.73. The summed E-state index contributed by atoms with van der Waals surface area (Å²) in [6, 6.07) is 16.9. The first-order valence-electron chi connectivity index (χ1n) is 7.71. The van der Waals surface area contributed by atoms with Crippen LogP contribution in [0.1, 0.15) is 32.3 Å². The largest absolute Gasteiger partial charge is 0.325 e. The molecule has 120 valence electrons. The molecule has 2 aromatic rings. The Morgan fingerprint density at radius 2 is 1.61 bits per heavy atom. The van der Waals surface area contributed by atoms with Crippen molar-refractivity contribution in [3.63, 3.8) is 0 Å². The summed E-state index contributed by atoms with van der Waals surface area (Å²) in [5.41, 5.74) is 2.56. The highest BCUT2D eigenvalue weighted by molar-refractivity contribution is 6.02. The number of nitrogens with one attached hydrogen (secondary N) is 1. The predicted molar refractivity (Wildman–Crippen MR) is 93.6 cm³/mol. The van der Waals surface area contributed by atoms with Crippen molar-refractivity contribution in [2.75, 3.05) is 16.8 Å². The van der Waals surface area contributed by atoms with Crippen LogP contribution in [0.3, 0.4) is 0 Å². The van der Waals surface area contributed by atoms with Gasteiger partial charge in [0.25, 0.3) is 0 Å². The van der Waals surface area contributed by atoms with Gasteiger partial charge in [0.2, 0.25) is 11.8 Å². The SMILES string of the molecule is CC(=O)N(CC(=O)Nc1ccccc1)c1ccccc1C(C)C. The molecule has 0 fully saturated rings. The highest BCUT2D eigenvalue weighted by Crippen LogP contribution is 2.27. The highest BCUT2D eigenvalue weighted by atomic mass is 16.2. The highest BCUT2D eigenvalue weighted by Gasteiger charge is 2.19. The van der Waals surface area contributed by atoms with E-state index in [-0.39, 0.29) is 24.3 Å². The van der Waals surface area contributed by atoms with Crippen LogP contribution in [0.15, 0.2) is 54.6 Å². The number of para-hydroxylation sites is 2. The van der Waals surface area contributed by atoms with E-state index in [1.165, 1.54) is 11.8 Å². The number of hydrogen-bond acceptors (Lipinski definition) is 2. The van der Waals surface area contributed by atoms with Gasteiger partial charge in [-0.05, 0) is 29.7 Å². The molecule has 0 unspecified atom stereocenters. The van der Waals surface area contributed by atoms with Crippen LogP contribution in [0.25, 0.3) is 0 Å². The first kappa shape index (κ1) is 16.7. The Morgan fingerprint density at radius 1 is 1.00 bits per heavy atom. The molecular formula is C19H22N2O2. The molecule has 0 radical (unpaired) electrons. The molecule has 0 saturated carbocycles. The monoisotopic (exact) mass is 310 g/mol. The second kappa shape index (κ2) is 7.58. The summed E-state index contributed by atoms with van der Waals surface area (Å²) in [7, 11) is 0. The quantitative estimate of drug-likeness (QED) is 0.913. The van der Waals surface area contributed by atoms with Crippen molar-refractivity contribution in [1.82, 2.24) is 0 Å². The van der Waals surface area contributed by atoms with Crippen molar-refractivity contribution in [3.05, 3.63) is 60.2 Å². The summed E-state index contributed by atoms with van der Waals surface area (Å²) in [5.74, 6) is -0.100. The molecule has 0 saturated heterocycles. The molecule has 0 aliphatic heterocycles. The number of nitrogens with zero attached hydrogens (tertiary/aromatic N) is 1. The number of carbonyl (C=O) groups is 2. The molecule has 23 heavy (non-hydrogen) atoms. The summed E-state index contributed by atoms with van der Waals surface area (Å²) in [5, 5.41) is 2.81. The van der Waals surface area contributed by atoms with Gasteiger partial charge in [-0.1, -0.05) is 50.2 Å². The molecule has 4 heteroatoms. The van der Waals surface area contributed by atoms with Gasteiger partial charge in [0.15, 0.2) is 0 Å². The molecule has 0 spiro atoms. The standard InChI is InChI=1S/C19H22N2O2/c1-14(2)17-11-7-8-12-18(17)21(15(3)22)13-19(23)20-16-9-5-4-6-10-16/h4-12,14H,13H2,1-3H3,(H,20,23). The molecule has 4 nitrogen and oxygen atoms in total. The Balaban J connectivity index is 2.20. The molecule has 0 bridgehead atoms. The summed E-state index contributed by atoms with van der Waals surface area (Å²) in [6.07, 6.45) is 0. The van der Waals surface area contributed by atoms with Crippen molar-refractivity contribution in [1.29, 1.82) is 0 Å². The van der Waals surface area contributed by atoms with E-state index in [4.69, 9.17) is 0 Å². The number of anilines is 2. The Hall–Kier alpha value is -2.62. The topological polar surface area (TPSA) is 49.4 Å². The van der Waals surface area contributed by atoms with E-state index < -0.39 is 0 Å². The van der Waals surface area contributed by atoms with Gasteiger partial charge in [-0.15, -0.1) is 0 Å². The van der Waals surface area contributed by atoms with Gasteiger partial charge in [-0.2, -0.15) is 0 Å². The molecule has 2 aromatic carbocycles. The fourth-order valence-electron chi connectivity index (χ4n) is 2.45. The van der Waals surface area contributed by atoms with Gasteiger partial charge in [0.1, 0.15) is 6.54 Å². The molecule has 1 N–H and O–H groups in total. The molecule has 0 aromatic heterocycles. The maximum Gasteiger partial charge on any atom is 0.244 e. The third-order valence-corrected chi connectivity index (χ3v) is 3.59. The van der Waals surface area contributed by atoms with Crippen molar-refractivity contribution < 1.29 is 9.59 Å². The van der Waals surface area contributed by atoms with Crippen LogP contribution in [0, 0.1) is 0 Å². The number of amides is 2. The van der Waals surface area contributed by atoms with Crippen LogP contribution >= 0.6 is 0 Å². The van der Waals surface area contributed by atoms with Gasteiger partial charge in [-0.25, -0.2) is 0 Å². The predicted octanol–water partition coefficient (Wildman–Crippen LogP) is 3.80. The van der Waals surface area contributed by atoms with E-state index in [9.17, 15) is 9.59 Å². The van der Waals surface area contributed by atoms with Crippen LogP contribution in [0.4, 0.5) is 11.4 Å². The first-order valence-corrected chi connectivity index (χ1v) is 7.71. The second-order valence-corrected chi connectivity index (χ2v) is 5.73. The average Bonchev–Trinajstić information content (AvgIpc) is 2.53. The Bertz CT molecular complexity index is 681. The molecule has 2 rings (SSSR count). The van der Waals surface area contributed by atoms with Gasteiger partial charge in [0.05, 0.1) is 0 Å².